The van der Waals surface area contributed by atoms with Gasteiger partial charge in [-0.05, 0) is 30.8 Å². The lowest BCUT2D eigenvalue weighted by atomic mass is 9.93. The van der Waals surface area contributed by atoms with Gasteiger partial charge < -0.3 is 5.32 Å². The van der Waals surface area contributed by atoms with Crippen molar-refractivity contribution in [3.8, 4) is 0 Å². The van der Waals surface area contributed by atoms with Crippen LogP contribution in [0.2, 0.25) is 0 Å². The fraction of sp³-hybridized carbons (Fsp3) is 0.692. The predicted molar refractivity (Wildman–Crippen MR) is 67.6 cm³/mol. The maximum atomic E-state index is 3.67. The van der Waals surface area contributed by atoms with Gasteiger partial charge in [0.2, 0.25) is 0 Å². The standard InChI is InChI=1S/C13H21NS/c1-2-14-12-8-5-3-4-7-11(12)13-9-6-10-15-13/h6,9-12,14H,2-5,7-8H2,1H3. The van der Waals surface area contributed by atoms with E-state index < -0.39 is 0 Å². The van der Waals surface area contributed by atoms with Crippen LogP contribution < -0.4 is 5.32 Å². The second kappa shape index (κ2) is 5.66. The number of thiophene rings is 1. The molecule has 0 amide bonds. The Bertz CT molecular complexity index is 268. The summed E-state index contributed by atoms with van der Waals surface area (Å²) in [4.78, 5) is 1.59. The fourth-order valence-corrected chi connectivity index (χ4v) is 3.59. The van der Waals surface area contributed by atoms with Crippen LogP contribution >= 0.6 is 11.3 Å². The van der Waals surface area contributed by atoms with Crippen molar-refractivity contribution in [3.05, 3.63) is 22.4 Å². The molecule has 1 aliphatic rings. The van der Waals surface area contributed by atoms with Gasteiger partial charge in [0.1, 0.15) is 0 Å². The molecule has 15 heavy (non-hydrogen) atoms. The van der Waals surface area contributed by atoms with Gasteiger partial charge in [0, 0.05) is 16.8 Å². The van der Waals surface area contributed by atoms with Crippen LogP contribution in [-0.2, 0) is 0 Å². The first-order valence-electron chi connectivity index (χ1n) is 6.18. The molecule has 2 atom stereocenters. The summed E-state index contributed by atoms with van der Waals surface area (Å²) in [5.74, 6) is 0.771. The van der Waals surface area contributed by atoms with Crippen LogP contribution in [0, 0.1) is 0 Å². The highest BCUT2D eigenvalue weighted by Gasteiger charge is 2.24. The van der Waals surface area contributed by atoms with Gasteiger partial charge in [-0.2, -0.15) is 0 Å². The van der Waals surface area contributed by atoms with Crippen LogP contribution in [0.5, 0.6) is 0 Å². The van der Waals surface area contributed by atoms with Gasteiger partial charge in [0.15, 0.2) is 0 Å². The molecular formula is C13H21NS. The lowest BCUT2D eigenvalue weighted by molar-refractivity contribution is 0.423. The van der Waals surface area contributed by atoms with Crippen molar-refractivity contribution < 1.29 is 0 Å². The van der Waals surface area contributed by atoms with Gasteiger partial charge in [0.25, 0.3) is 0 Å². The first-order valence-corrected chi connectivity index (χ1v) is 7.06. The van der Waals surface area contributed by atoms with E-state index in [1.54, 1.807) is 4.88 Å². The molecule has 2 rings (SSSR count). The van der Waals surface area contributed by atoms with Gasteiger partial charge >= 0.3 is 0 Å². The number of hydrogen-bond donors (Lipinski definition) is 1. The molecule has 2 unspecified atom stereocenters. The molecule has 1 saturated carbocycles. The van der Waals surface area contributed by atoms with E-state index in [1.165, 1.54) is 32.1 Å². The summed E-state index contributed by atoms with van der Waals surface area (Å²) in [6.07, 6.45) is 6.96. The maximum absolute atomic E-state index is 3.67. The maximum Gasteiger partial charge on any atom is 0.0144 e. The molecule has 0 saturated heterocycles. The Balaban J connectivity index is 2.09. The highest BCUT2D eigenvalue weighted by Crippen LogP contribution is 2.34. The van der Waals surface area contributed by atoms with E-state index in [0.717, 1.165) is 18.5 Å². The van der Waals surface area contributed by atoms with Crippen LogP contribution in [-0.4, -0.2) is 12.6 Å². The summed E-state index contributed by atoms with van der Waals surface area (Å²) in [6.45, 7) is 3.32. The zero-order valence-electron chi connectivity index (χ0n) is 9.54. The van der Waals surface area contributed by atoms with Gasteiger partial charge in [-0.15, -0.1) is 11.3 Å². The van der Waals surface area contributed by atoms with E-state index in [4.69, 9.17) is 0 Å². The Morgan fingerprint density at radius 1 is 1.33 bits per heavy atom. The largest absolute Gasteiger partial charge is 0.314 e. The number of likely N-dealkylation sites (N-methyl/N-ethyl adjacent to an activating group) is 1. The molecule has 0 aliphatic heterocycles. The Hall–Kier alpha value is -0.340. The quantitative estimate of drug-likeness (QED) is 0.769. The van der Waals surface area contributed by atoms with Gasteiger partial charge in [0.05, 0.1) is 0 Å². The average molecular weight is 223 g/mol. The first-order chi connectivity index (χ1) is 7.42. The zero-order chi connectivity index (χ0) is 10.5. The van der Waals surface area contributed by atoms with E-state index in [2.05, 4.69) is 29.8 Å². The summed E-state index contributed by atoms with van der Waals surface area (Å²) in [5, 5.41) is 5.88. The lowest BCUT2D eigenvalue weighted by Gasteiger charge is -2.24. The smallest absolute Gasteiger partial charge is 0.0144 e. The third-order valence-corrected chi connectivity index (χ3v) is 4.40. The molecule has 1 aliphatic carbocycles. The van der Waals surface area contributed by atoms with Crippen LogP contribution in [0.4, 0.5) is 0 Å². The fourth-order valence-electron chi connectivity index (χ4n) is 2.66. The van der Waals surface area contributed by atoms with Gasteiger partial charge in [-0.3, -0.25) is 0 Å². The number of hydrogen-bond acceptors (Lipinski definition) is 2. The summed E-state index contributed by atoms with van der Waals surface area (Å²) in [7, 11) is 0. The van der Waals surface area contributed by atoms with Crippen molar-refractivity contribution in [2.24, 2.45) is 0 Å². The van der Waals surface area contributed by atoms with E-state index >= 15 is 0 Å². The number of nitrogens with one attached hydrogen (secondary N) is 1. The van der Waals surface area contributed by atoms with Crippen molar-refractivity contribution in [1.82, 2.24) is 5.32 Å². The zero-order valence-corrected chi connectivity index (χ0v) is 10.4. The van der Waals surface area contributed by atoms with Crippen molar-refractivity contribution >= 4 is 11.3 Å². The van der Waals surface area contributed by atoms with Crippen LogP contribution in [0.25, 0.3) is 0 Å². The second-order valence-electron chi connectivity index (χ2n) is 4.42. The van der Waals surface area contributed by atoms with Crippen molar-refractivity contribution in [3.63, 3.8) is 0 Å². The molecule has 0 radical (unpaired) electrons. The molecule has 0 bridgehead atoms. The Kier molecular flexibility index (Phi) is 4.21. The third kappa shape index (κ3) is 2.82. The SMILES string of the molecule is CCNC1CCCCCC1c1cccs1. The summed E-state index contributed by atoms with van der Waals surface area (Å²) in [6, 6.07) is 5.22. The second-order valence-corrected chi connectivity index (χ2v) is 5.40. The van der Waals surface area contributed by atoms with Gasteiger partial charge in [-0.1, -0.05) is 32.3 Å². The molecule has 2 heteroatoms. The lowest BCUT2D eigenvalue weighted by Crippen LogP contribution is -2.33. The molecule has 1 aromatic heterocycles. The van der Waals surface area contributed by atoms with Crippen LogP contribution in [0.1, 0.15) is 49.8 Å². The van der Waals surface area contributed by atoms with E-state index in [0.29, 0.717) is 0 Å². The normalized spacial score (nSPS) is 27.5. The van der Waals surface area contributed by atoms with E-state index in [-0.39, 0.29) is 0 Å². The highest BCUT2D eigenvalue weighted by atomic mass is 32.1. The monoisotopic (exact) mass is 223 g/mol. The Morgan fingerprint density at radius 3 is 2.93 bits per heavy atom. The van der Waals surface area contributed by atoms with E-state index in [1.807, 2.05) is 11.3 Å². The summed E-state index contributed by atoms with van der Waals surface area (Å²) >= 11 is 1.93. The van der Waals surface area contributed by atoms with Crippen LogP contribution in [0.3, 0.4) is 0 Å². The van der Waals surface area contributed by atoms with E-state index in [9.17, 15) is 0 Å². The topological polar surface area (TPSA) is 12.0 Å². The van der Waals surface area contributed by atoms with Crippen LogP contribution in [0.15, 0.2) is 17.5 Å². The van der Waals surface area contributed by atoms with Crippen molar-refractivity contribution in [2.75, 3.05) is 6.54 Å². The molecular weight excluding hydrogens is 202 g/mol. The summed E-state index contributed by atoms with van der Waals surface area (Å²) < 4.78 is 0. The molecule has 0 spiro atoms. The molecule has 1 fully saturated rings. The average Bonchev–Trinajstić information content (AvgIpc) is 2.67. The minimum absolute atomic E-state index is 0.719. The Labute approximate surface area is 96.9 Å². The van der Waals surface area contributed by atoms with Gasteiger partial charge in [-0.25, -0.2) is 0 Å². The summed E-state index contributed by atoms with van der Waals surface area (Å²) in [5.41, 5.74) is 0. The molecule has 1 nitrogen and oxygen atoms in total. The Morgan fingerprint density at radius 2 is 2.20 bits per heavy atom. The molecule has 1 N–H and O–H groups in total. The highest BCUT2D eigenvalue weighted by molar-refractivity contribution is 7.10. The molecule has 1 heterocycles. The molecule has 84 valence electrons. The minimum Gasteiger partial charge on any atom is -0.314 e. The number of rotatable bonds is 3. The first kappa shape index (κ1) is 11.2. The molecule has 1 aromatic rings. The predicted octanol–water partition coefficient (Wildman–Crippen LogP) is 3.77. The minimum atomic E-state index is 0.719. The van der Waals surface area contributed by atoms with Crippen molar-refractivity contribution in [1.29, 1.82) is 0 Å². The molecule has 0 aromatic carbocycles. The third-order valence-electron chi connectivity index (χ3n) is 3.39. The van der Waals surface area contributed by atoms with Crippen molar-refractivity contribution in [2.45, 2.75) is 51.0 Å².